The minimum Gasteiger partial charge on any atom is -0.344 e. The summed E-state index contributed by atoms with van der Waals surface area (Å²) < 4.78 is 38.6. The lowest BCUT2D eigenvalue weighted by atomic mass is 9.84. The van der Waals surface area contributed by atoms with Gasteiger partial charge in [-0.05, 0) is 29.7 Å². The Labute approximate surface area is 118 Å². The van der Waals surface area contributed by atoms with Crippen LogP contribution in [0.4, 0.5) is 18.9 Å². The largest absolute Gasteiger partial charge is 0.416 e. The smallest absolute Gasteiger partial charge is 0.344 e. The summed E-state index contributed by atoms with van der Waals surface area (Å²) >= 11 is 0. The maximum atomic E-state index is 12.9. The van der Waals surface area contributed by atoms with Crippen molar-refractivity contribution in [2.75, 3.05) is 11.4 Å². The van der Waals surface area contributed by atoms with Gasteiger partial charge in [0.15, 0.2) is 0 Å². The predicted molar refractivity (Wildman–Crippen MR) is 75.8 cm³/mol. The van der Waals surface area contributed by atoms with Crippen LogP contribution in [0.15, 0.2) is 30.5 Å². The lowest BCUT2D eigenvalue weighted by Gasteiger charge is -2.27. The monoisotopic (exact) mass is 283 g/mol. The molecule has 0 saturated carbocycles. The van der Waals surface area contributed by atoms with Gasteiger partial charge >= 0.3 is 6.18 Å². The van der Waals surface area contributed by atoms with Crippen molar-refractivity contribution >= 4 is 5.69 Å². The number of nitrogens with zero attached hydrogens (tertiary/aromatic N) is 1. The average Bonchev–Trinajstić information content (AvgIpc) is 2.49. The molecule has 110 valence electrons. The zero-order valence-corrected chi connectivity index (χ0v) is 12.3. The van der Waals surface area contributed by atoms with Gasteiger partial charge in [-0.15, -0.1) is 0 Å². The quantitative estimate of drug-likeness (QED) is 0.740. The van der Waals surface area contributed by atoms with Crippen LogP contribution in [0.1, 0.15) is 38.8 Å². The lowest BCUT2D eigenvalue weighted by Crippen LogP contribution is -2.28. The molecule has 0 aromatic heterocycles. The van der Waals surface area contributed by atoms with E-state index in [4.69, 9.17) is 0 Å². The molecule has 1 nitrogen and oxygen atoms in total. The zero-order chi connectivity index (χ0) is 15.3. The summed E-state index contributed by atoms with van der Waals surface area (Å²) in [4.78, 5) is 2.04. The highest BCUT2D eigenvalue weighted by Crippen LogP contribution is 2.48. The van der Waals surface area contributed by atoms with Crippen LogP contribution in [-0.2, 0) is 11.6 Å². The number of benzene rings is 1. The fourth-order valence-electron chi connectivity index (χ4n) is 2.66. The molecule has 0 fully saturated rings. The number of fused-ring (bicyclic) bond motifs is 1. The fourth-order valence-corrected chi connectivity index (χ4v) is 2.66. The Bertz CT molecular complexity index is 541. The van der Waals surface area contributed by atoms with E-state index in [1.165, 1.54) is 6.07 Å². The van der Waals surface area contributed by atoms with Gasteiger partial charge in [0.05, 0.1) is 5.56 Å². The number of anilines is 1. The molecule has 2 rings (SSSR count). The first kappa shape index (κ1) is 14.9. The first-order valence-electron chi connectivity index (χ1n) is 6.73. The summed E-state index contributed by atoms with van der Waals surface area (Å²) in [6, 6.07) is 3.99. The molecular weight excluding hydrogens is 263 g/mol. The van der Waals surface area contributed by atoms with Crippen LogP contribution in [0.2, 0.25) is 0 Å². The van der Waals surface area contributed by atoms with E-state index in [-0.39, 0.29) is 0 Å². The van der Waals surface area contributed by atoms with Crippen molar-refractivity contribution in [3.8, 4) is 0 Å². The van der Waals surface area contributed by atoms with E-state index in [0.29, 0.717) is 11.5 Å². The van der Waals surface area contributed by atoms with E-state index in [9.17, 15) is 13.2 Å². The Morgan fingerprint density at radius 3 is 2.35 bits per heavy atom. The van der Waals surface area contributed by atoms with Gasteiger partial charge in [0.1, 0.15) is 0 Å². The van der Waals surface area contributed by atoms with Crippen LogP contribution >= 0.6 is 0 Å². The molecule has 0 atom stereocenters. The van der Waals surface area contributed by atoms with Crippen molar-refractivity contribution < 1.29 is 13.2 Å². The zero-order valence-electron chi connectivity index (χ0n) is 12.3. The Kier molecular flexibility index (Phi) is 3.39. The van der Waals surface area contributed by atoms with E-state index in [2.05, 4.69) is 20.4 Å². The van der Waals surface area contributed by atoms with E-state index in [0.717, 1.165) is 24.0 Å². The predicted octanol–water partition coefficient (Wildman–Crippen LogP) is 4.97. The number of hydrogen-bond acceptors (Lipinski definition) is 1. The average molecular weight is 283 g/mol. The SMILES string of the molecule is C=C1N(CC(C)C)c2ccc(C(F)(F)F)cc2C1(C)C. The molecule has 0 radical (unpaired) electrons. The molecule has 0 bridgehead atoms. The van der Waals surface area contributed by atoms with Crippen LogP contribution < -0.4 is 4.90 Å². The molecule has 0 N–H and O–H groups in total. The minimum absolute atomic E-state index is 0.413. The number of hydrogen-bond donors (Lipinski definition) is 0. The van der Waals surface area contributed by atoms with Crippen molar-refractivity contribution in [3.63, 3.8) is 0 Å². The Hall–Kier alpha value is -1.45. The number of halogens is 3. The highest BCUT2D eigenvalue weighted by Gasteiger charge is 2.41. The molecular formula is C16H20F3N. The maximum absolute atomic E-state index is 12.9. The fraction of sp³-hybridized carbons (Fsp3) is 0.500. The van der Waals surface area contributed by atoms with E-state index in [1.807, 2.05) is 18.7 Å². The summed E-state index contributed by atoms with van der Waals surface area (Å²) in [5, 5.41) is 0. The van der Waals surface area contributed by atoms with Crippen LogP contribution in [0, 0.1) is 5.92 Å². The third-order valence-corrected chi connectivity index (χ3v) is 3.88. The summed E-state index contributed by atoms with van der Waals surface area (Å²) in [7, 11) is 0. The van der Waals surface area contributed by atoms with E-state index < -0.39 is 17.2 Å². The van der Waals surface area contributed by atoms with Crippen molar-refractivity contribution in [1.29, 1.82) is 0 Å². The normalized spacial score (nSPS) is 17.8. The molecule has 1 aliphatic rings. The van der Waals surface area contributed by atoms with Gasteiger partial charge in [-0.1, -0.05) is 34.3 Å². The molecule has 0 amide bonds. The lowest BCUT2D eigenvalue weighted by molar-refractivity contribution is -0.137. The first-order chi connectivity index (χ1) is 9.05. The van der Waals surface area contributed by atoms with Gasteiger partial charge in [0.25, 0.3) is 0 Å². The van der Waals surface area contributed by atoms with Gasteiger partial charge in [-0.3, -0.25) is 0 Å². The molecule has 0 aliphatic carbocycles. The second-order valence-electron chi connectivity index (χ2n) is 6.31. The van der Waals surface area contributed by atoms with Gasteiger partial charge < -0.3 is 4.90 Å². The Balaban J connectivity index is 2.54. The topological polar surface area (TPSA) is 3.24 Å². The highest BCUT2D eigenvalue weighted by molar-refractivity contribution is 5.70. The van der Waals surface area contributed by atoms with E-state index in [1.54, 1.807) is 6.07 Å². The van der Waals surface area contributed by atoms with Crippen molar-refractivity contribution in [2.24, 2.45) is 5.92 Å². The van der Waals surface area contributed by atoms with Gasteiger partial charge in [-0.2, -0.15) is 13.2 Å². The number of allylic oxidation sites excluding steroid dienone is 1. The van der Waals surface area contributed by atoms with Crippen LogP contribution in [0.5, 0.6) is 0 Å². The van der Waals surface area contributed by atoms with Crippen molar-refractivity contribution in [1.82, 2.24) is 0 Å². The summed E-state index contributed by atoms with van der Waals surface area (Å²) in [6.07, 6.45) is -4.31. The summed E-state index contributed by atoms with van der Waals surface area (Å²) in [5.74, 6) is 0.413. The van der Waals surface area contributed by atoms with Crippen molar-refractivity contribution in [2.45, 2.75) is 39.3 Å². The molecule has 20 heavy (non-hydrogen) atoms. The molecule has 0 saturated heterocycles. The third-order valence-electron chi connectivity index (χ3n) is 3.88. The van der Waals surface area contributed by atoms with Crippen LogP contribution in [0.3, 0.4) is 0 Å². The van der Waals surface area contributed by atoms with Gasteiger partial charge in [0, 0.05) is 23.3 Å². The standard InChI is InChI=1S/C16H20F3N/c1-10(2)9-20-11(3)15(4,5)13-8-12(16(17,18)19)6-7-14(13)20/h6-8,10H,3,9H2,1-2,4-5H3. The second-order valence-corrected chi connectivity index (χ2v) is 6.31. The molecule has 1 aromatic carbocycles. The maximum Gasteiger partial charge on any atom is 0.416 e. The summed E-state index contributed by atoms with van der Waals surface area (Å²) in [6.45, 7) is 12.9. The molecule has 1 aliphatic heterocycles. The van der Waals surface area contributed by atoms with Gasteiger partial charge in [-0.25, -0.2) is 0 Å². The third kappa shape index (κ3) is 2.32. The number of alkyl halides is 3. The Morgan fingerprint density at radius 1 is 1.25 bits per heavy atom. The molecule has 1 heterocycles. The highest BCUT2D eigenvalue weighted by atomic mass is 19.4. The van der Waals surface area contributed by atoms with Crippen LogP contribution in [-0.4, -0.2) is 6.54 Å². The van der Waals surface area contributed by atoms with Gasteiger partial charge in [0.2, 0.25) is 0 Å². The van der Waals surface area contributed by atoms with Crippen LogP contribution in [0.25, 0.3) is 0 Å². The summed E-state index contributed by atoms with van der Waals surface area (Å²) in [5.41, 5.74) is 1.36. The molecule has 4 heteroatoms. The molecule has 0 unspecified atom stereocenters. The first-order valence-corrected chi connectivity index (χ1v) is 6.73. The van der Waals surface area contributed by atoms with Crippen molar-refractivity contribution in [3.05, 3.63) is 41.6 Å². The number of rotatable bonds is 2. The second kappa shape index (κ2) is 4.54. The van der Waals surface area contributed by atoms with E-state index >= 15 is 0 Å². The molecule has 0 spiro atoms. The minimum atomic E-state index is -4.31. The Morgan fingerprint density at radius 2 is 1.85 bits per heavy atom. The molecule has 1 aromatic rings.